The Morgan fingerprint density at radius 2 is 1.66 bits per heavy atom. The molecule has 0 saturated heterocycles. The molecule has 1 heterocycles. The summed E-state index contributed by atoms with van der Waals surface area (Å²) < 4.78 is 5.43. The first-order chi connectivity index (χ1) is 15.5. The zero-order valence-corrected chi connectivity index (χ0v) is 19.6. The number of rotatable bonds is 10. The van der Waals surface area contributed by atoms with Gasteiger partial charge in [-0.3, -0.25) is 0 Å². The summed E-state index contributed by atoms with van der Waals surface area (Å²) in [7, 11) is 0. The quantitative estimate of drug-likeness (QED) is 0.187. The molecular weight excluding hydrogens is 392 g/mol. The molecule has 0 aliphatic heterocycles. The molecule has 166 valence electrons. The SMILES string of the molecule is CC(C)=CCC/C(C)=C\CC/C=C/Cc1cc2ccc(=O)oc2cc1Cc1ccccc1. The molecule has 32 heavy (non-hydrogen) atoms. The van der Waals surface area contributed by atoms with Gasteiger partial charge >= 0.3 is 5.63 Å². The van der Waals surface area contributed by atoms with Crippen molar-refractivity contribution in [2.24, 2.45) is 0 Å². The Hall–Kier alpha value is -3.13. The van der Waals surface area contributed by atoms with Crippen LogP contribution in [0.2, 0.25) is 0 Å². The third kappa shape index (κ3) is 7.53. The Bertz CT molecular complexity index is 1160. The van der Waals surface area contributed by atoms with Crippen molar-refractivity contribution in [3.63, 3.8) is 0 Å². The number of hydrogen-bond donors (Lipinski definition) is 0. The van der Waals surface area contributed by atoms with E-state index in [0.29, 0.717) is 5.58 Å². The number of allylic oxidation sites excluding steroid dienone is 6. The first kappa shape index (κ1) is 23.5. The summed E-state index contributed by atoms with van der Waals surface area (Å²) in [6, 6.07) is 18.0. The van der Waals surface area contributed by atoms with Crippen molar-refractivity contribution in [2.45, 2.75) is 59.3 Å². The summed E-state index contributed by atoms with van der Waals surface area (Å²) in [6.45, 7) is 6.53. The van der Waals surface area contributed by atoms with Crippen LogP contribution in [0.15, 0.2) is 99.3 Å². The second-order valence-corrected chi connectivity index (χ2v) is 8.70. The fourth-order valence-electron chi connectivity index (χ4n) is 3.82. The van der Waals surface area contributed by atoms with Crippen molar-refractivity contribution in [1.82, 2.24) is 0 Å². The van der Waals surface area contributed by atoms with Crippen LogP contribution in [0.25, 0.3) is 11.0 Å². The number of fused-ring (bicyclic) bond motifs is 1. The summed E-state index contributed by atoms with van der Waals surface area (Å²) in [5.41, 5.74) is 6.95. The van der Waals surface area contributed by atoms with Gasteiger partial charge in [-0.1, -0.05) is 65.8 Å². The number of benzene rings is 2. The van der Waals surface area contributed by atoms with Crippen molar-refractivity contribution < 1.29 is 4.42 Å². The van der Waals surface area contributed by atoms with Crippen LogP contribution >= 0.6 is 0 Å². The van der Waals surface area contributed by atoms with E-state index in [1.165, 1.54) is 33.9 Å². The highest BCUT2D eigenvalue weighted by atomic mass is 16.4. The summed E-state index contributed by atoms with van der Waals surface area (Å²) in [5.74, 6) is 0. The molecule has 0 spiro atoms. The van der Waals surface area contributed by atoms with Crippen LogP contribution in [0.4, 0.5) is 0 Å². The Labute approximate surface area is 192 Å². The Balaban J connectivity index is 1.66. The second-order valence-electron chi connectivity index (χ2n) is 8.70. The van der Waals surface area contributed by atoms with Crippen LogP contribution in [0.5, 0.6) is 0 Å². The van der Waals surface area contributed by atoms with Crippen LogP contribution in [-0.4, -0.2) is 0 Å². The first-order valence-corrected chi connectivity index (χ1v) is 11.5. The van der Waals surface area contributed by atoms with Gasteiger partial charge < -0.3 is 4.42 Å². The van der Waals surface area contributed by atoms with Crippen LogP contribution < -0.4 is 5.63 Å². The predicted molar refractivity (Wildman–Crippen MR) is 136 cm³/mol. The zero-order valence-electron chi connectivity index (χ0n) is 19.6. The van der Waals surface area contributed by atoms with Crippen molar-refractivity contribution in [3.8, 4) is 0 Å². The highest BCUT2D eigenvalue weighted by molar-refractivity contribution is 5.78. The highest BCUT2D eigenvalue weighted by Crippen LogP contribution is 2.23. The summed E-state index contributed by atoms with van der Waals surface area (Å²) in [4.78, 5) is 11.7. The van der Waals surface area contributed by atoms with E-state index in [2.05, 4.69) is 75.4 Å². The molecule has 1 aromatic heterocycles. The molecule has 3 aromatic rings. The van der Waals surface area contributed by atoms with Gasteiger partial charge in [-0.2, -0.15) is 0 Å². The van der Waals surface area contributed by atoms with E-state index in [0.717, 1.165) is 43.9 Å². The lowest BCUT2D eigenvalue weighted by Gasteiger charge is -2.10. The zero-order chi connectivity index (χ0) is 22.8. The van der Waals surface area contributed by atoms with E-state index in [-0.39, 0.29) is 5.63 Å². The van der Waals surface area contributed by atoms with E-state index >= 15 is 0 Å². The predicted octanol–water partition coefficient (Wildman–Crippen LogP) is 7.96. The Kier molecular flexibility index (Phi) is 8.86. The third-order valence-corrected chi connectivity index (χ3v) is 5.60. The van der Waals surface area contributed by atoms with Crippen LogP contribution in [0.3, 0.4) is 0 Å². The van der Waals surface area contributed by atoms with Gasteiger partial charge in [0.05, 0.1) is 0 Å². The van der Waals surface area contributed by atoms with E-state index in [4.69, 9.17) is 4.42 Å². The largest absolute Gasteiger partial charge is 0.423 e. The topological polar surface area (TPSA) is 30.2 Å². The molecule has 0 aliphatic carbocycles. The molecule has 0 N–H and O–H groups in total. The van der Waals surface area contributed by atoms with Crippen molar-refractivity contribution in [3.05, 3.63) is 117 Å². The van der Waals surface area contributed by atoms with Crippen LogP contribution in [0, 0.1) is 0 Å². The Morgan fingerprint density at radius 1 is 0.844 bits per heavy atom. The average molecular weight is 427 g/mol. The molecule has 0 radical (unpaired) electrons. The van der Waals surface area contributed by atoms with Gasteiger partial charge in [0, 0.05) is 11.5 Å². The average Bonchev–Trinajstić information content (AvgIpc) is 2.77. The van der Waals surface area contributed by atoms with Gasteiger partial charge in [-0.25, -0.2) is 4.79 Å². The maximum absolute atomic E-state index is 11.7. The van der Waals surface area contributed by atoms with Crippen molar-refractivity contribution in [2.75, 3.05) is 0 Å². The molecule has 0 fully saturated rings. The molecule has 3 rings (SSSR count). The molecule has 2 nitrogen and oxygen atoms in total. The van der Waals surface area contributed by atoms with E-state index < -0.39 is 0 Å². The van der Waals surface area contributed by atoms with Crippen LogP contribution in [-0.2, 0) is 12.8 Å². The summed E-state index contributed by atoms with van der Waals surface area (Å²) in [6.07, 6.45) is 15.3. The van der Waals surface area contributed by atoms with Gasteiger partial charge in [-0.05, 0) is 94.2 Å². The number of unbranched alkanes of at least 4 members (excludes halogenated alkanes) is 1. The maximum atomic E-state index is 11.7. The minimum atomic E-state index is -0.306. The van der Waals surface area contributed by atoms with Gasteiger partial charge in [0.2, 0.25) is 0 Å². The molecule has 2 heteroatoms. The lowest BCUT2D eigenvalue weighted by Crippen LogP contribution is -1.99. The smallest absolute Gasteiger partial charge is 0.336 e. The summed E-state index contributed by atoms with van der Waals surface area (Å²) >= 11 is 0. The van der Waals surface area contributed by atoms with Gasteiger partial charge in [-0.15, -0.1) is 0 Å². The number of hydrogen-bond acceptors (Lipinski definition) is 2. The summed E-state index contributed by atoms with van der Waals surface area (Å²) in [5, 5.41) is 0.972. The van der Waals surface area contributed by atoms with Crippen LogP contribution in [0.1, 0.15) is 63.1 Å². The third-order valence-electron chi connectivity index (χ3n) is 5.60. The molecule has 0 atom stereocenters. The highest BCUT2D eigenvalue weighted by Gasteiger charge is 2.07. The normalized spacial score (nSPS) is 11.9. The molecule has 0 bridgehead atoms. The molecule has 0 amide bonds. The molecule has 2 aromatic carbocycles. The van der Waals surface area contributed by atoms with Crippen molar-refractivity contribution >= 4 is 11.0 Å². The monoisotopic (exact) mass is 426 g/mol. The lowest BCUT2D eigenvalue weighted by atomic mass is 9.96. The molecule has 0 unspecified atom stereocenters. The minimum absolute atomic E-state index is 0.306. The molecule has 0 aliphatic rings. The van der Waals surface area contributed by atoms with E-state index in [9.17, 15) is 4.79 Å². The van der Waals surface area contributed by atoms with Crippen molar-refractivity contribution in [1.29, 1.82) is 0 Å². The lowest BCUT2D eigenvalue weighted by molar-refractivity contribution is 0.560. The van der Waals surface area contributed by atoms with E-state index in [1.807, 2.05) is 18.2 Å². The molecule has 0 saturated carbocycles. The van der Waals surface area contributed by atoms with E-state index in [1.54, 1.807) is 0 Å². The fourth-order valence-corrected chi connectivity index (χ4v) is 3.82. The Morgan fingerprint density at radius 3 is 2.44 bits per heavy atom. The fraction of sp³-hybridized carbons (Fsp3) is 0.300. The standard InChI is InChI=1S/C30H34O2/c1-23(2)12-11-14-24(3)13-7-4-5-10-17-26-21-27-18-19-30(31)32-29(27)22-28(26)20-25-15-8-6-9-16-25/h5-6,8-10,12-13,15-16,18-19,21-22H,4,7,11,14,17,20H2,1-3H3/b10-5+,24-13-. The van der Waals surface area contributed by atoms with Gasteiger partial charge in [0.1, 0.15) is 5.58 Å². The first-order valence-electron chi connectivity index (χ1n) is 11.5. The minimum Gasteiger partial charge on any atom is -0.423 e. The molecular formula is C30H34O2. The second kappa shape index (κ2) is 12.0. The maximum Gasteiger partial charge on any atom is 0.336 e. The van der Waals surface area contributed by atoms with Gasteiger partial charge in [0.25, 0.3) is 0 Å². The van der Waals surface area contributed by atoms with Gasteiger partial charge in [0.15, 0.2) is 0 Å².